The number of hydrogen-bond donors (Lipinski definition) is 1. The summed E-state index contributed by atoms with van der Waals surface area (Å²) in [4.78, 5) is 5.44. The van der Waals surface area contributed by atoms with Crippen LogP contribution in [0.3, 0.4) is 0 Å². The smallest absolute Gasteiger partial charge is 0.0794 e. The number of aromatic nitrogens is 1. The fourth-order valence-corrected chi connectivity index (χ4v) is 3.07. The van der Waals surface area contributed by atoms with Crippen molar-refractivity contribution < 1.29 is 0 Å². The normalized spacial score (nSPS) is 25.0. The number of nitrogens with two attached hydrogens (primary N) is 1. The number of nitrogens with zero attached hydrogens (tertiary/aromatic N) is 1. The predicted molar refractivity (Wildman–Crippen MR) is 64.9 cm³/mol. The van der Waals surface area contributed by atoms with Gasteiger partial charge in [-0.3, -0.25) is 4.98 Å². The Morgan fingerprint density at radius 3 is 3.00 bits per heavy atom. The minimum atomic E-state index is 0.233. The summed E-state index contributed by atoms with van der Waals surface area (Å²) in [5.41, 5.74) is 9.76. The highest BCUT2D eigenvalue weighted by atomic mass is 32.1. The Kier molecular flexibility index (Phi) is 2.94. The number of allylic oxidation sites excluding steroid dienone is 1. The van der Waals surface area contributed by atoms with E-state index >= 15 is 0 Å². The largest absolute Gasteiger partial charge is 0.324 e. The Labute approximate surface area is 95.2 Å². The van der Waals surface area contributed by atoms with E-state index in [-0.39, 0.29) is 6.04 Å². The summed E-state index contributed by atoms with van der Waals surface area (Å²) in [6.07, 6.45) is 7.49. The van der Waals surface area contributed by atoms with Crippen molar-refractivity contribution in [1.29, 1.82) is 0 Å². The van der Waals surface area contributed by atoms with Gasteiger partial charge in [0.1, 0.15) is 0 Å². The fourth-order valence-electron chi connectivity index (χ4n) is 2.42. The molecular weight excluding hydrogens is 204 g/mol. The SMILES string of the molecule is CC1(C)CC(Cc2cncs2)=CC(N)C1. The van der Waals surface area contributed by atoms with E-state index in [9.17, 15) is 0 Å². The second-order valence-corrected chi connectivity index (χ2v) is 6.15. The molecule has 0 saturated carbocycles. The average molecular weight is 222 g/mol. The van der Waals surface area contributed by atoms with Crippen molar-refractivity contribution in [3.8, 4) is 0 Å². The molecule has 1 aromatic heterocycles. The first-order valence-corrected chi connectivity index (χ1v) is 6.26. The molecule has 1 aromatic rings. The highest BCUT2D eigenvalue weighted by Crippen LogP contribution is 2.36. The van der Waals surface area contributed by atoms with Gasteiger partial charge < -0.3 is 5.73 Å². The molecular formula is C12H18N2S. The summed E-state index contributed by atoms with van der Waals surface area (Å²) in [7, 11) is 0. The highest BCUT2D eigenvalue weighted by Gasteiger charge is 2.26. The molecule has 0 radical (unpaired) electrons. The van der Waals surface area contributed by atoms with Crippen molar-refractivity contribution in [2.75, 3.05) is 0 Å². The van der Waals surface area contributed by atoms with Crippen LogP contribution in [0, 0.1) is 5.41 Å². The molecule has 0 fully saturated rings. The van der Waals surface area contributed by atoms with E-state index < -0.39 is 0 Å². The maximum atomic E-state index is 6.04. The van der Waals surface area contributed by atoms with Gasteiger partial charge in [-0.1, -0.05) is 25.5 Å². The molecule has 0 amide bonds. The third-order valence-corrected chi connectivity index (χ3v) is 3.61. The number of thiazole rings is 1. The van der Waals surface area contributed by atoms with Crippen molar-refractivity contribution in [2.24, 2.45) is 11.1 Å². The number of hydrogen-bond acceptors (Lipinski definition) is 3. The predicted octanol–water partition coefficient (Wildman–Crippen LogP) is 2.76. The molecule has 0 aromatic carbocycles. The lowest BCUT2D eigenvalue weighted by molar-refractivity contribution is 0.299. The Bertz CT molecular complexity index is 352. The molecule has 1 unspecified atom stereocenters. The average Bonchev–Trinajstić information content (AvgIpc) is 2.52. The van der Waals surface area contributed by atoms with Crippen molar-refractivity contribution >= 4 is 11.3 Å². The minimum Gasteiger partial charge on any atom is -0.324 e. The Morgan fingerprint density at radius 1 is 1.60 bits per heavy atom. The van der Waals surface area contributed by atoms with Crippen LogP contribution in [-0.4, -0.2) is 11.0 Å². The van der Waals surface area contributed by atoms with Gasteiger partial charge in [0.05, 0.1) is 5.51 Å². The Morgan fingerprint density at radius 2 is 2.40 bits per heavy atom. The lowest BCUT2D eigenvalue weighted by Gasteiger charge is -2.33. The van der Waals surface area contributed by atoms with Gasteiger partial charge in [-0.15, -0.1) is 11.3 Å². The van der Waals surface area contributed by atoms with Gasteiger partial charge in [0.15, 0.2) is 0 Å². The summed E-state index contributed by atoms with van der Waals surface area (Å²) in [6, 6.07) is 0.233. The monoisotopic (exact) mass is 222 g/mol. The van der Waals surface area contributed by atoms with Gasteiger partial charge in [-0.25, -0.2) is 0 Å². The van der Waals surface area contributed by atoms with Gasteiger partial charge in [0.2, 0.25) is 0 Å². The van der Waals surface area contributed by atoms with Crippen molar-refractivity contribution in [1.82, 2.24) is 4.98 Å². The molecule has 2 rings (SSSR count). The van der Waals surface area contributed by atoms with Crippen LogP contribution in [0.25, 0.3) is 0 Å². The van der Waals surface area contributed by atoms with E-state index in [2.05, 4.69) is 24.9 Å². The van der Waals surface area contributed by atoms with E-state index in [0.717, 1.165) is 12.8 Å². The lowest BCUT2D eigenvalue weighted by Crippen LogP contribution is -2.31. The molecule has 82 valence electrons. The van der Waals surface area contributed by atoms with E-state index in [1.54, 1.807) is 11.3 Å². The molecule has 0 bridgehead atoms. The maximum Gasteiger partial charge on any atom is 0.0794 e. The van der Waals surface area contributed by atoms with Crippen LogP contribution in [0.15, 0.2) is 23.4 Å². The zero-order chi connectivity index (χ0) is 10.9. The first-order valence-electron chi connectivity index (χ1n) is 5.38. The third-order valence-electron chi connectivity index (χ3n) is 2.83. The van der Waals surface area contributed by atoms with E-state index in [1.807, 2.05) is 11.7 Å². The van der Waals surface area contributed by atoms with Crippen LogP contribution in [0.4, 0.5) is 0 Å². The molecule has 2 N–H and O–H groups in total. The van der Waals surface area contributed by atoms with Crippen molar-refractivity contribution in [2.45, 2.75) is 39.2 Å². The molecule has 1 aliphatic carbocycles. The zero-order valence-corrected chi connectivity index (χ0v) is 10.2. The first-order chi connectivity index (χ1) is 7.05. The van der Waals surface area contributed by atoms with Crippen LogP contribution >= 0.6 is 11.3 Å². The second kappa shape index (κ2) is 4.06. The quantitative estimate of drug-likeness (QED) is 0.781. The van der Waals surface area contributed by atoms with Crippen LogP contribution in [0.2, 0.25) is 0 Å². The molecule has 1 aliphatic rings. The molecule has 1 atom stereocenters. The van der Waals surface area contributed by atoms with Crippen LogP contribution in [-0.2, 0) is 6.42 Å². The van der Waals surface area contributed by atoms with Crippen molar-refractivity contribution in [3.63, 3.8) is 0 Å². The minimum absolute atomic E-state index is 0.233. The topological polar surface area (TPSA) is 38.9 Å². The molecule has 0 aliphatic heterocycles. The van der Waals surface area contributed by atoms with Gasteiger partial charge in [0, 0.05) is 23.5 Å². The zero-order valence-electron chi connectivity index (χ0n) is 9.36. The van der Waals surface area contributed by atoms with E-state index in [0.29, 0.717) is 5.41 Å². The van der Waals surface area contributed by atoms with E-state index in [1.165, 1.54) is 16.9 Å². The fraction of sp³-hybridized carbons (Fsp3) is 0.583. The van der Waals surface area contributed by atoms with E-state index in [4.69, 9.17) is 5.73 Å². The summed E-state index contributed by atoms with van der Waals surface area (Å²) in [5, 5.41) is 0. The van der Waals surface area contributed by atoms with Crippen LogP contribution < -0.4 is 5.73 Å². The van der Waals surface area contributed by atoms with Crippen molar-refractivity contribution in [3.05, 3.63) is 28.2 Å². The molecule has 0 saturated heterocycles. The Balaban J connectivity index is 2.09. The molecule has 1 heterocycles. The first kappa shape index (κ1) is 10.8. The summed E-state index contributed by atoms with van der Waals surface area (Å²) in [5.74, 6) is 0. The lowest BCUT2D eigenvalue weighted by atomic mass is 9.75. The van der Waals surface area contributed by atoms with Gasteiger partial charge in [0.25, 0.3) is 0 Å². The maximum absolute atomic E-state index is 6.04. The molecule has 2 nitrogen and oxygen atoms in total. The van der Waals surface area contributed by atoms with Gasteiger partial charge >= 0.3 is 0 Å². The van der Waals surface area contributed by atoms with Crippen LogP contribution in [0.5, 0.6) is 0 Å². The van der Waals surface area contributed by atoms with Crippen LogP contribution in [0.1, 0.15) is 31.6 Å². The highest BCUT2D eigenvalue weighted by molar-refractivity contribution is 7.09. The van der Waals surface area contributed by atoms with Gasteiger partial charge in [-0.2, -0.15) is 0 Å². The summed E-state index contributed by atoms with van der Waals surface area (Å²) >= 11 is 1.73. The summed E-state index contributed by atoms with van der Waals surface area (Å²) in [6.45, 7) is 4.60. The summed E-state index contributed by atoms with van der Waals surface area (Å²) < 4.78 is 0. The number of rotatable bonds is 2. The molecule has 3 heteroatoms. The second-order valence-electron chi connectivity index (χ2n) is 5.18. The third kappa shape index (κ3) is 2.89. The van der Waals surface area contributed by atoms with Gasteiger partial charge in [-0.05, 0) is 18.3 Å². The molecule has 0 spiro atoms. The standard InChI is InChI=1S/C12H18N2S/c1-12(2)5-9(3-10(13)6-12)4-11-7-14-8-15-11/h3,7-8,10H,4-6,13H2,1-2H3. The Hall–Kier alpha value is -0.670. The molecule has 15 heavy (non-hydrogen) atoms.